The first kappa shape index (κ1) is 14.2. The van der Waals surface area contributed by atoms with Gasteiger partial charge in [0.25, 0.3) is 0 Å². The molecule has 0 atom stereocenters. The normalized spacial score (nSPS) is 11.2. The van der Waals surface area contributed by atoms with Gasteiger partial charge < -0.3 is 10.0 Å². The van der Waals surface area contributed by atoms with E-state index in [0.29, 0.717) is 11.4 Å². The van der Waals surface area contributed by atoms with E-state index in [4.69, 9.17) is 0 Å². The number of benzene rings is 1. The lowest BCUT2D eigenvalue weighted by Crippen LogP contribution is -2.36. The maximum Gasteiger partial charge on any atom is 0.488 e. The van der Waals surface area contributed by atoms with E-state index in [1.54, 1.807) is 6.07 Å². The smallest absolute Gasteiger partial charge is 0.423 e. The maximum atomic E-state index is 9.31. The van der Waals surface area contributed by atoms with Crippen LogP contribution in [0.3, 0.4) is 0 Å². The van der Waals surface area contributed by atoms with Crippen molar-refractivity contribution in [2.24, 2.45) is 5.92 Å². The van der Waals surface area contributed by atoms with Crippen LogP contribution in [0.4, 0.5) is 0 Å². The van der Waals surface area contributed by atoms with Gasteiger partial charge in [-0.3, -0.25) is 4.90 Å². The summed E-state index contributed by atoms with van der Waals surface area (Å²) < 4.78 is 0. The first-order valence-electron chi connectivity index (χ1n) is 6.20. The molecule has 1 aromatic rings. The molecule has 3 nitrogen and oxygen atoms in total. The molecule has 1 rings (SSSR count). The number of rotatable bonds is 6. The summed E-state index contributed by atoms with van der Waals surface area (Å²) in [6, 6.07) is 7.49. The van der Waals surface area contributed by atoms with E-state index in [-0.39, 0.29) is 0 Å². The second-order valence-corrected chi connectivity index (χ2v) is 4.79. The molecule has 2 N–H and O–H groups in total. The molecule has 4 heteroatoms. The van der Waals surface area contributed by atoms with Crippen LogP contribution >= 0.6 is 0 Å². The van der Waals surface area contributed by atoms with Gasteiger partial charge >= 0.3 is 7.12 Å². The number of hydrogen-bond donors (Lipinski definition) is 2. The van der Waals surface area contributed by atoms with Crippen LogP contribution in [-0.4, -0.2) is 35.2 Å². The first-order valence-corrected chi connectivity index (χ1v) is 6.20. The standard InChI is InChI=1S/C13H22BNO2/c1-4-15(9-11(2)3)10-12-7-5-6-8-13(12)14(16)17/h5-8,11,16-17H,4,9-10H2,1-3H3. The third-order valence-corrected chi connectivity index (χ3v) is 2.80. The van der Waals surface area contributed by atoms with Gasteiger partial charge in [-0.15, -0.1) is 0 Å². The molecule has 0 radical (unpaired) electrons. The zero-order chi connectivity index (χ0) is 12.8. The Hall–Kier alpha value is -0.835. The quantitative estimate of drug-likeness (QED) is 0.718. The minimum absolute atomic E-state index is 0.606. The zero-order valence-electron chi connectivity index (χ0n) is 10.9. The van der Waals surface area contributed by atoms with Crippen LogP contribution in [0.1, 0.15) is 26.3 Å². The second-order valence-electron chi connectivity index (χ2n) is 4.79. The predicted molar refractivity (Wildman–Crippen MR) is 72.1 cm³/mol. The summed E-state index contributed by atoms with van der Waals surface area (Å²) in [4.78, 5) is 2.31. The molecule has 0 amide bonds. The topological polar surface area (TPSA) is 43.7 Å². The summed E-state index contributed by atoms with van der Waals surface area (Å²) in [5.41, 5.74) is 1.60. The summed E-state index contributed by atoms with van der Waals surface area (Å²) in [5.74, 6) is 0.612. The fraction of sp³-hybridized carbons (Fsp3) is 0.538. The highest BCUT2D eigenvalue weighted by Gasteiger charge is 2.16. The predicted octanol–water partition coefficient (Wildman–Crippen LogP) is 0.844. The molecule has 94 valence electrons. The Bertz CT molecular complexity index is 342. The molecule has 0 heterocycles. The van der Waals surface area contributed by atoms with Crippen LogP contribution in [0.15, 0.2) is 24.3 Å². The summed E-state index contributed by atoms with van der Waals surface area (Å²) in [5, 5.41) is 18.6. The van der Waals surface area contributed by atoms with E-state index in [0.717, 1.165) is 25.2 Å². The molecule has 0 saturated heterocycles. The van der Waals surface area contributed by atoms with Gasteiger partial charge in [0.2, 0.25) is 0 Å². The van der Waals surface area contributed by atoms with Crippen molar-refractivity contribution < 1.29 is 10.0 Å². The molecule has 0 unspecified atom stereocenters. The van der Waals surface area contributed by atoms with Gasteiger partial charge in [0.15, 0.2) is 0 Å². The number of nitrogens with zero attached hydrogens (tertiary/aromatic N) is 1. The van der Waals surface area contributed by atoms with E-state index in [1.165, 1.54) is 0 Å². The largest absolute Gasteiger partial charge is 0.488 e. The Morgan fingerprint density at radius 3 is 2.41 bits per heavy atom. The summed E-state index contributed by atoms with van der Waals surface area (Å²) in [7, 11) is -1.39. The summed E-state index contributed by atoms with van der Waals surface area (Å²) in [6.07, 6.45) is 0. The van der Waals surface area contributed by atoms with Crippen LogP contribution in [0.2, 0.25) is 0 Å². The van der Waals surface area contributed by atoms with Gasteiger partial charge in [-0.25, -0.2) is 0 Å². The van der Waals surface area contributed by atoms with E-state index in [2.05, 4.69) is 25.7 Å². The lowest BCUT2D eigenvalue weighted by atomic mass is 9.77. The van der Waals surface area contributed by atoms with Crippen molar-refractivity contribution >= 4 is 12.6 Å². The molecule has 0 aliphatic rings. The lowest BCUT2D eigenvalue weighted by molar-refractivity contribution is 0.248. The maximum absolute atomic E-state index is 9.31. The van der Waals surface area contributed by atoms with Crippen molar-refractivity contribution in [2.45, 2.75) is 27.3 Å². The number of hydrogen-bond acceptors (Lipinski definition) is 3. The van der Waals surface area contributed by atoms with Crippen LogP contribution in [0.25, 0.3) is 0 Å². The van der Waals surface area contributed by atoms with E-state index in [9.17, 15) is 10.0 Å². The fourth-order valence-electron chi connectivity index (χ4n) is 1.99. The van der Waals surface area contributed by atoms with Gasteiger partial charge in [-0.2, -0.15) is 0 Å². The average Bonchev–Trinajstić information content (AvgIpc) is 2.28. The lowest BCUT2D eigenvalue weighted by Gasteiger charge is -2.23. The first-order chi connectivity index (χ1) is 8.04. The molecule has 0 spiro atoms. The van der Waals surface area contributed by atoms with Crippen molar-refractivity contribution in [1.29, 1.82) is 0 Å². The Morgan fingerprint density at radius 1 is 1.24 bits per heavy atom. The highest BCUT2D eigenvalue weighted by Crippen LogP contribution is 2.06. The third-order valence-electron chi connectivity index (χ3n) is 2.80. The molecular formula is C13H22BNO2. The van der Waals surface area contributed by atoms with E-state index >= 15 is 0 Å². The van der Waals surface area contributed by atoms with Crippen molar-refractivity contribution in [3.63, 3.8) is 0 Å². The Labute approximate surface area is 104 Å². The zero-order valence-corrected chi connectivity index (χ0v) is 10.9. The molecule has 0 fully saturated rings. The molecule has 1 aromatic carbocycles. The monoisotopic (exact) mass is 235 g/mol. The minimum atomic E-state index is -1.39. The second kappa shape index (κ2) is 6.79. The minimum Gasteiger partial charge on any atom is -0.423 e. The van der Waals surface area contributed by atoms with Gasteiger partial charge in [0, 0.05) is 13.1 Å². The van der Waals surface area contributed by atoms with E-state index < -0.39 is 7.12 Å². The molecule has 0 saturated carbocycles. The Kier molecular flexibility index (Phi) is 5.68. The highest BCUT2D eigenvalue weighted by atomic mass is 16.4. The van der Waals surface area contributed by atoms with Crippen LogP contribution in [-0.2, 0) is 6.54 Å². The summed E-state index contributed by atoms with van der Waals surface area (Å²) in [6.45, 7) is 9.26. The summed E-state index contributed by atoms with van der Waals surface area (Å²) >= 11 is 0. The van der Waals surface area contributed by atoms with Gasteiger partial charge in [0.05, 0.1) is 0 Å². The molecular weight excluding hydrogens is 213 g/mol. The van der Waals surface area contributed by atoms with E-state index in [1.807, 2.05) is 18.2 Å². The van der Waals surface area contributed by atoms with Crippen LogP contribution in [0, 0.1) is 5.92 Å². The molecule has 0 bridgehead atoms. The fourth-order valence-corrected chi connectivity index (χ4v) is 1.99. The van der Waals surface area contributed by atoms with Gasteiger partial charge in [-0.1, -0.05) is 45.0 Å². The Balaban J connectivity index is 2.78. The van der Waals surface area contributed by atoms with Gasteiger partial charge in [0.1, 0.15) is 0 Å². The molecule has 0 aliphatic heterocycles. The molecule has 17 heavy (non-hydrogen) atoms. The average molecular weight is 235 g/mol. The SMILES string of the molecule is CCN(Cc1ccccc1B(O)O)CC(C)C. The van der Waals surface area contributed by atoms with Crippen LogP contribution in [0.5, 0.6) is 0 Å². The van der Waals surface area contributed by atoms with Crippen LogP contribution < -0.4 is 5.46 Å². The Morgan fingerprint density at radius 2 is 1.88 bits per heavy atom. The van der Waals surface area contributed by atoms with Crippen molar-refractivity contribution in [3.05, 3.63) is 29.8 Å². The molecule has 0 aromatic heterocycles. The van der Waals surface area contributed by atoms with Crippen molar-refractivity contribution in [1.82, 2.24) is 4.90 Å². The molecule has 0 aliphatic carbocycles. The van der Waals surface area contributed by atoms with Gasteiger partial charge in [-0.05, 0) is 23.5 Å². The highest BCUT2D eigenvalue weighted by molar-refractivity contribution is 6.59. The third kappa shape index (κ3) is 4.50. The van der Waals surface area contributed by atoms with Crippen molar-refractivity contribution in [2.75, 3.05) is 13.1 Å². The van der Waals surface area contributed by atoms with Crippen molar-refractivity contribution in [3.8, 4) is 0 Å².